The van der Waals surface area contributed by atoms with Gasteiger partial charge in [-0.25, -0.2) is 0 Å². The Balaban J connectivity index is 2.52. The average molecular weight is 284 g/mol. The number of ketones is 2. The monoisotopic (exact) mass is 284 g/mol. The average Bonchev–Trinajstić information content (AvgIpc) is 2.62. The molecule has 0 bridgehead atoms. The maximum Gasteiger partial charge on any atom is 0.319 e. The molecule has 0 unspecified atom stereocenters. The zero-order valence-corrected chi connectivity index (χ0v) is 11.2. The normalized spacial score (nSPS) is 9.79. The third kappa shape index (κ3) is 5.91. The van der Waals surface area contributed by atoms with E-state index in [2.05, 4.69) is 0 Å². The Labute approximate surface area is 113 Å². The summed E-state index contributed by atoms with van der Waals surface area (Å²) in [5.41, 5.74) is 0. The van der Waals surface area contributed by atoms with Crippen LogP contribution < -0.4 is 9.47 Å². The molecule has 1 aromatic heterocycles. The third-order valence-corrected chi connectivity index (χ3v) is 2.61. The first-order chi connectivity index (χ1) is 8.86. The fourth-order valence-corrected chi connectivity index (χ4v) is 1.86. The molecular weight excluding hydrogens is 272 g/mol. The summed E-state index contributed by atoms with van der Waals surface area (Å²) in [7, 11) is 0. The van der Waals surface area contributed by atoms with Crippen LogP contribution in [-0.4, -0.2) is 23.5 Å². The van der Waals surface area contributed by atoms with Gasteiger partial charge in [0.2, 0.25) is 0 Å². The summed E-state index contributed by atoms with van der Waals surface area (Å²) in [6.07, 6.45) is -0.616. The second kappa shape index (κ2) is 6.79. The van der Waals surface area contributed by atoms with Crippen LogP contribution >= 0.6 is 11.3 Å². The van der Waals surface area contributed by atoms with Crippen molar-refractivity contribution >= 4 is 34.8 Å². The lowest BCUT2D eigenvalue weighted by atomic mass is 10.3. The van der Waals surface area contributed by atoms with E-state index >= 15 is 0 Å². The molecule has 0 spiro atoms. The van der Waals surface area contributed by atoms with Crippen molar-refractivity contribution in [2.45, 2.75) is 26.7 Å². The molecule has 0 aliphatic heterocycles. The first-order valence-corrected chi connectivity index (χ1v) is 6.18. The van der Waals surface area contributed by atoms with Gasteiger partial charge in [0.15, 0.2) is 10.1 Å². The summed E-state index contributed by atoms with van der Waals surface area (Å²) in [4.78, 5) is 43.8. The maximum atomic E-state index is 11.2. The second-order valence-electron chi connectivity index (χ2n) is 3.78. The molecule has 19 heavy (non-hydrogen) atoms. The van der Waals surface area contributed by atoms with Crippen molar-refractivity contribution in [2.75, 3.05) is 0 Å². The molecule has 0 fully saturated rings. The standard InChI is InChI=1S/C12H12O6S/c1-7(13)5-9(15)17-11-3-4-12(19-11)18-10(16)6-8(2)14/h3-4H,5-6H2,1-2H3. The molecule has 6 nitrogen and oxygen atoms in total. The molecule has 0 aliphatic rings. The number of carbonyl (C=O) groups is 4. The molecule has 0 atom stereocenters. The zero-order valence-electron chi connectivity index (χ0n) is 10.4. The maximum absolute atomic E-state index is 11.2. The van der Waals surface area contributed by atoms with Crippen molar-refractivity contribution in [1.82, 2.24) is 0 Å². The lowest BCUT2D eigenvalue weighted by Gasteiger charge is -1.99. The lowest BCUT2D eigenvalue weighted by Crippen LogP contribution is -2.11. The predicted molar refractivity (Wildman–Crippen MR) is 66.2 cm³/mol. The van der Waals surface area contributed by atoms with Crippen molar-refractivity contribution in [3.63, 3.8) is 0 Å². The van der Waals surface area contributed by atoms with Gasteiger partial charge < -0.3 is 9.47 Å². The van der Waals surface area contributed by atoms with E-state index in [1.165, 1.54) is 26.0 Å². The van der Waals surface area contributed by atoms with Crippen LogP contribution in [0.25, 0.3) is 0 Å². The Hall–Kier alpha value is -2.02. The van der Waals surface area contributed by atoms with Crippen LogP contribution in [0.4, 0.5) is 0 Å². The Morgan fingerprint density at radius 1 is 0.895 bits per heavy atom. The van der Waals surface area contributed by atoms with E-state index in [1.807, 2.05) is 0 Å². The van der Waals surface area contributed by atoms with Crippen LogP contribution in [-0.2, 0) is 19.2 Å². The molecule has 0 aliphatic carbocycles. The fraction of sp³-hybridized carbons (Fsp3) is 0.333. The molecule has 102 valence electrons. The van der Waals surface area contributed by atoms with Gasteiger partial charge in [-0.05, 0) is 26.0 Å². The van der Waals surface area contributed by atoms with E-state index in [9.17, 15) is 19.2 Å². The molecule has 0 saturated carbocycles. The van der Waals surface area contributed by atoms with Crippen LogP contribution in [0.3, 0.4) is 0 Å². The lowest BCUT2D eigenvalue weighted by molar-refractivity contribution is -0.138. The number of hydrogen-bond donors (Lipinski definition) is 0. The summed E-state index contributed by atoms with van der Waals surface area (Å²) in [5.74, 6) is -1.93. The van der Waals surface area contributed by atoms with E-state index < -0.39 is 11.9 Å². The SMILES string of the molecule is CC(=O)CC(=O)Oc1ccc(OC(=O)CC(C)=O)s1. The van der Waals surface area contributed by atoms with E-state index in [1.54, 1.807) is 0 Å². The Morgan fingerprint density at radius 2 is 1.26 bits per heavy atom. The summed E-state index contributed by atoms with van der Waals surface area (Å²) in [6, 6.07) is 2.89. The quantitative estimate of drug-likeness (QED) is 0.581. The molecular formula is C12H12O6S. The van der Waals surface area contributed by atoms with Crippen molar-refractivity contribution < 1.29 is 28.7 Å². The summed E-state index contributed by atoms with van der Waals surface area (Å²) >= 11 is 0.935. The van der Waals surface area contributed by atoms with Gasteiger partial charge in [-0.1, -0.05) is 11.3 Å². The summed E-state index contributed by atoms with van der Waals surface area (Å²) < 4.78 is 9.74. The minimum atomic E-state index is -0.670. The van der Waals surface area contributed by atoms with Crippen molar-refractivity contribution in [3.8, 4) is 10.1 Å². The van der Waals surface area contributed by atoms with Gasteiger partial charge in [-0.2, -0.15) is 0 Å². The van der Waals surface area contributed by atoms with Crippen LogP contribution in [0.1, 0.15) is 26.7 Å². The number of ether oxygens (including phenoxy) is 2. The largest absolute Gasteiger partial charge is 0.415 e. The zero-order chi connectivity index (χ0) is 14.4. The van der Waals surface area contributed by atoms with Gasteiger partial charge in [0.1, 0.15) is 24.4 Å². The first kappa shape index (κ1) is 15.0. The summed E-state index contributed by atoms with van der Waals surface area (Å²) in [5, 5.41) is 0.439. The number of hydrogen-bond acceptors (Lipinski definition) is 7. The summed E-state index contributed by atoms with van der Waals surface area (Å²) in [6.45, 7) is 2.56. The number of carbonyl (C=O) groups excluding carboxylic acids is 4. The van der Waals surface area contributed by atoms with Crippen LogP contribution in [0.5, 0.6) is 10.1 Å². The van der Waals surface area contributed by atoms with E-state index in [0.717, 1.165) is 11.3 Å². The molecule has 0 saturated heterocycles. The Morgan fingerprint density at radius 3 is 1.58 bits per heavy atom. The number of rotatable bonds is 6. The highest BCUT2D eigenvalue weighted by Crippen LogP contribution is 2.31. The molecule has 1 heterocycles. The van der Waals surface area contributed by atoms with Gasteiger partial charge in [0.05, 0.1) is 0 Å². The van der Waals surface area contributed by atoms with Gasteiger partial charge in [0, 0.05) is 0 Å². The fourth-order valence-electron chi connectivity index (χ4n) is 1.12. The van der Waals surface area contributed by atoms with Crippen LogP contribution in [0.2, 0.25) is 0 Å². The minimum Gasteiger partial charge on any atom is -0.415 e. The van der Waals surface area contributed by atoms with Crippen molar-refractivity contribution in [2.24, 2.45) is 0 Å². The molecule has 0 N–H and O–H groups in total. The third-order valence-electron chi connectivity index (χ3n) is 1.77. The van der Waals surface area contributed by atoms with E-state index in [4.69, 9.17) is 9.47 Å². The number of Topliss-reactive ketones (excluding diaryl/α,β-unsaturated/α-hetero) is 2. The van der Waals surface area contributed by atoms with Crippen LogP contribution in [0.15, 0.2) is 12.1 Å². The Kier molecular flexibility index (Phi) is 5.37. The first-order valence-electron chi connectivity index (χ1n) is 5.37. The molecule has 0 amide bonds. The second-order valence-corrected chi connectivity index (χ2v) is 4.79. The van der Waals surface area contributed by atoms with Crippen molar-refractivity contribution in [1.29, 1.82) is 0 Å². The van der Waals surface area contributed by atoms with Gasteiger partial charge in [-0.3, -0.25) is 19.2 Å². The Bertz CT molecular complexity index is 472. The number of esters is 2. The highest BCUT2D eigenvalue weighted by atomic mass is 32.1. The predicted octanol–water partition coefficient (Wildman–Crippen LogP) is 1.52. The molecule has 0 radical (unpaired) electrons. The minimum absolute atomic E-state index is 0.219. The van der Waals surface area contributed by atoms with Crippen LogP contribution in [0, 0.1) is 0 Å². The topological polar surface area (TPSA) is 86.7 Å². The molecule has 7 heteroatoms. The van der Waals surface area contributed by atoms with Gasteiger partial charge in [-0.15, -0.1) is 0 Å². The van der Waals surface area contributed by atoms with Gasteiger partial charge >= 0.3 is 11.9 Å². The smallest absolute Gasteiger partial charge is 0.319 e. The van der Waals surface area contributed by atoms with E-state index in [0.29, 0.717) is 0 Å². The van der Waals surface area contributed by atoms with Gasteiger partial charge in [0.25, 0.3) is 0 Å². The van der Waals surface area contributed by atoms with E-state index in [-0.39, 0.29) is 34.5 Å². The number of thiophene rings is 1. The molecule has 0 aromatic carbocycles. The molecule has 1 aromatic rings. The van der Waals surface area contributed by atoms with Crippen molar-refractivity contribution in [3.05, 3.63) is 12.1 Å². The highest BCUT2D eigenvalue weighted by molar-refractivity contribution is 7.15. The highest BCUT2D eigenvalue weighted by Gasteiger charge is 2.13. The molecule has 1 rings (SSSR count).